The maximum Gasteiger partial charge on any atom is 0.428 e. The number of aryl methyl sites for hydroxylation is 1. The first kappa shape index (κ1) is 25.6. The van der Waals surface area contributed by atoms with E-state index in [1.807, 2.05) is 0 Å². The Morgan fingerprint density at radius 3 is 2.44 bits per heavy atom. The second kappa shape index (κ2) is 9.45. The highest BCUT2D eigenvalue weighted by Crippen LogP contribution is 2.30. The summed E-state index contributed by atoms with van der Waals surface area (Å²) in [4.78, 5) is 38.1. The third-order valence-electron chi connectivity index (χ3n) is 4.40. The Balaban J connectivity index is 2.61. The molecule has 0 aliphatic carbocycles. The molecule has 2 heterocycles. The maximum absolute atomic E-state index is 13.3. The highest BCUT2D eigenvalue weighted by Gasteiger charge is 2.40. The van der Waals surface area contributed by atoms with Crippen LogP contribution in [0.5, 0.6) is 0 Å². The molecule has 1 unspecified atom stereocenters. The number of rotatable bonds is 6. The lowest BCUT2D eigenvalue weighted by atomic mass is 10.2. The van der Waals surface area contributed by atoms with Crippen molar-refractivity contribution < 1.29 is 27.4 Å². The molecular formula is C19H25F3N4O5S. The Hall–Kier alpha value is -2.67. The van der Waals surface area contributed by atoms with Crippen molar-refractivity contribution in [3.63, 3.8) is 0 Å². The van der Waals surface area contributed by atoms with Crippen molar-refractivity contribution in [3.8, 4) is 0 Å². The number of hydrogen-bond acceptors (Lipinski definition) is 7. The van der Waals surface area contributed by atoms with Gasteiger partial charge in [-0.05, 0) is 40.2 Å². The van der Waals surface area contributed by atoms with Crippen molar-refractivity contribution in [1.82, 2.24) is 14.6 Å². The zero-order chi connectivity index (χ0) is 24.4. The second-order valence-corrected chi connectivity index (χ2v) is 8.99. The summed E-state index contributed by atoms with van der Waals surface area (Å²) < 4.78 is 51.3. The van der Waals surface area contributed by atoms with Gasteiger partial charge in [-0.2, -0.15) is 18.3 Å². The van der Waals surface area contributed by atoms with E-state index >= 15 is 0 Å². The standard InChI is InChI=1S/C19H25F3N4O5S/c1-10-12(9-23-24-16(28)31-18(3,4)5)32-15-13(10)14(27)26(11(2)19(20,21)22)17(29)25(15)7-8-30-6/h9,11H,7-8H2,1-6H3,(H,24,28). The summed E-state index contributed by atoms with van der Waals surface area (Å²) in [6.45, 7) is 7.32. The molecule has 0 radical (unpaired) electrons. The molecule has 0 saturated carbocycles. The zero-order valence-electron chi connectivity index (χ0n) is 18.5. The fraction of sp³-hybridized carbons (Fsp3) is 0.579. The van der Waals surface area contributed by atoms with E-state index in [0.717, 1.165) is 22.8 Å². The summed E-state index contributed by atoms with van der Waals surface area (Å²) in [5.41, 5.74) is -0.348. The van der Waals surface area contributed by atoms with E-state index in [1.54, 1.807) is 20.8 Å². The van der Waals surface area contributed by atoms with Crippen LogP contribution in [-0.2, 0) is 16.0 Å². The van der Waals surface area contributed by atoms with Crippen LogP contribution >= 0.6 is 11.3 Å². The Kier molecular flexibility index (Phi) is 7.55. The van der Waals surface area contributed by atoms with Gasteiger partial charge in [0.1, 0.15) is 16.5 Å². The normalized spacial score (nSPS) is 13.7. The third-order valence-corrected chi connectivity index (χ3v) is 5.65. The van der Waals surface area contributed by atoms with Gasteiger partial charge in [-0.1, -0.05) is 0 Å². The third kappa shape index (κ3) is 5.57. The fourth-order valence-corrected chi connectivity index (χ4v) is 4.01. The van der Waals surface area contributed by atoms with Crippen LogP contribution in [-0.4, -0.2) is 46.9 Å². The summed E-state index contributed by atoms with van der Waals surface area (Å²) in [5.74, 6) is 0. The average Bonchev–Trinajstić information content (AvgIpc) is 2.96. The van der Waals surface area contributed by atoms with Crippen LogP contribution in [0.4, 0.5) is 18.0 Å². The topological polar surface area (TPSA) is 104 Å². The number of hydrogen-bond donors (Lipinski definition) is 1. The van der Waals surface area contributed by atoms with Crippen LogP contribution in [0.1, 0.15) is 44.2 Å². The fourth-order valence-electron chi connectivity index (χ4n) is 2.82. The lowest BCUT2D eigenvalue weighted by Gasteiger charge is -2.19. The molecule has 1 atom stereocenters. The number of ether oxygens (including phenoxy) is 2. The molecule has 0 spiro atoms. The molecule has 0 aliphatic heterocycles. The van der Waals surface area contributed by atoms with E-state index in [4.69, 9.17) is 9.47 Å². The number of fused-ring (bicyclic) bond motifs is 1. The number of amides is 1. The minimum absolute atomic E-state index is 0.0273. The SMILES string of the molecule is COCCn1c(=O)n(C(C)C(F)(F)F)c(=O)c2c(C)c(C=NNC(=O)OC(C)(C)C)sc21. The van der Waals surface area contributed by atoms with Gasteiger partial charge in [0.15, 0.2) is 0 Å². The van der Waals surface area contributed by atoms with Gasteiger partial charge >= 0.3 is 18.0 Å². The lowest BCUT2D eigenvalue weighted by molar-refractivity contribution is -0.164. The van der Waals surface area contributed by atoms with Crippen molar-refractivity contribution in [2.45, 2.75) is 59.0 Å². The van der Waals surface area contributed by atoms with Gasteiger partial charge in [0.25, 0.3) is 5.56 Å². The lowest BCUT2D eigenvalue weighted by Crippen LogP contribution is -2.45. The minimum atomic E-state index is -4.79. The molecule has 0 aromatic carbocycles. The average molecular weight is 478 g/mol. The van der Waals surface area contributed by atoms with Crippen molar-refractivity contribution in [2.75, 3.05) is 13.7 Å². The Morgan fingerprint density at radius 1 is 1.28 bits per heavy atom. The number of carbonyl (C=O) groups is 1. The van der Waals surface area contributed by atoms with E-state index in [-0.39, 0.29) is 27.9 Å². The van der Waals surface area contributed by atoms with Crippen LogP contribution < -0.4 is 16.7 Å². The first-order valence-electron chi connectivity index (χ1n) is 9.55. The van der Waals surface area contributed by atoms with Crippen molar-refractivity contribution in [3.05, 3.63) is 31.3 Å². The number of thiophene rings is 1. The highest BCUT2D eigenvalue weighted by atomic mass is 32.1. The number of aromatic nitrogens is 2. The largest absolute Gasteiger partial charge is 0.443 e. The van der Waals surface area contributed by atoms with Crippen LogP contribution in [0.25, 0.3) is 10.2 Å². The summed E-state index contributed by atoms with van der Waals surface area (Å²) in [6, 6.07) is -2.31. The van der Waals surface area contributed by atoms with Crippen molar-refractivity contribution in [1.29, 1.82) is 0 Å². The van der Waals surface area contributed by atoms with E-state index < -0.39 is 35.2 Å². The molecule has 1 N–H and O–H groups in total. The Labute approximate surface area is 185 Å². The molecular weight excluding hydrogens is 453 g/mol. The number of hydrazone groups is 1. The number of alkyl halides is 3. The number of carbonyl (C=O) groups excluding carboxylic acids is 1. The van der Waals surface area contributed by atoms with Gasteiger partial charge in [0.05, 0.1) is 29.6 Å². The molecule has 0 saturated heterocycles. The quantitative estimate of drug-likeness (QED) is 0.507. The first-order chi connectivity index (χ1) is 14.7. The maximum atomic E-state index is 13.3. The molecule has 32 heavy (non-hydrogen) atoms. The number of nitrogens with zero attached hydrogens (tertiary/aromatic N) is 3. The van der Waals surface area contributed by atoms with Crippen LogP contribution in [0.3, 0.4) is 0 Å². The smallest absolute Gasteiger partial charge is 0.428 e. The van der Waals surface area contributed by atoms with Gasteiger partial charge < -0.3 is 9.47 Å². The van der Waals surface area contributed by atoms with E-state index in [2.05, 4.69) is 10.5 Å². The van der Waals surface area contributed by atoms with Crippen LogP contribution in [0.2, 0.25) is 0 Å². The number of nitrogens with one attached hydrogen (secondary N) is 1. The zero-order valence-corrected chi connectivity index (χ0v) is 19.3. The summed E-state index contributed by atoms with van der Waals surface area (Å²) in [7, 11) is 1.39. The molecule has 2 aromatic heterocycles. The van der Waals surface area contributed by atoms with E-state index in [9.17, 15) is 27.6 Å². The van der Waals surface area contributed by atoms with Gasteiger partial charge in [-0.3, -0.25) is 9.36 Å². The molecule has 0 aliphatic rings. The Bertz CT molecular complexity index is 1140. The molecule has 2 rings (SSSR count). The van der Waals surface area contributed by atoms with Gasteiger partial charge in [0.2, 0.25) is 0 Å². The monoisotopic (exact) mass is 478 g/mol. The molecule has 0 fully saturated rings. The molecule has 2 aromatic rings. The molecule has 1 amide bonds. The summed E-state index contributed by atoms with van der Waals surface area (Å²) in [6.07, 6.45) is -4.35. The van der Waals surface area contributed by atoms with Gasteiger partial charge in [-0.25, -0.2) is 19.6 Å². The van der Waals surface area contributed by atoms with Crippen molar-refractivity contribution >= 4 is 33.9 Å². The summed E-state index contributed by atoms with van der Waals surface area (Å²) in [5, 5.41) is 3.76. The van der Waals surface area contributed by atoms with Crippen LogP contribution in [0, 0.1) is 6.92 Å². The van der Waals surface area contributed by atoms with Gasteiger partial charge in [-0.15, -0.1) is 11.3 Å². The van der Waals surface area contributed by atoms with Gasteiger partial charge in [0, 0.05) is 7.11 Å². The van der Waals surface area contributed by atoms with E-state index in [1.165, 1.54) is 20.2 Å². The molecule has 13 heteroatoms. The van der Waals surface area contributed by atoms with Crippen molar-refractivity contribution in [2.24, 2.45) is 5.10 Å². The molecule has 178 valence electrons. The number of methoxy groups -OCH3 is 1. The first-order valence-corrected chi connectivity index (χ1v) is 10.4. The van der Waals surface area contributed by atoms with E-state index in [0.29, 0.717) is 10.4 Å². The Morgan fingerprint density at radius 2 is 1.91 bits per heavy atom. The predicted octanol–water partition coefficient (Wildman–Crippen LogP) is 3.16. The second-order valence-electron chi connectivity index (χ2n) is 7.96. The molecule has 0 bridgehead atoms. The summed E-state index contributed by atoms with van der Waals surface area (Å²) >= 11 is 0.993. The predicted molar refractivity (Wildman–Crippen MR) is 115 cm³/mol. The number of halogens is 3. The highest BCUT2D eigenvalue weighted by molar-refractivity contribution is 7.20. The minimum Gasteiger partial charge on any atom is -0.443 e. The molecule has 9 nitrogen and oxygen atoms in total. The van der Waals surface area contributed by atoms with Crippen LogP contribution in [0.15, 0.2) is 14.7 Å².